The van der Waals surface area contributed by atoms with Gasteiger partial charge in [-0.15, -0.1) is 0 Å². The Morgan fingerprint density at radius 2 is 2.21 bits per heavy atom. The molecular weight excluding hydrogens is 224 g/mol. The van der Waals surface area contributed by atoms with Gasteiger partial charge in [-0.1, -0.05) is 12.2 Å². The third-order valence-corrected chi connectivity index (χ3v) is 3.99. The molecule has 0 spiro atoms. The highest BCUT2D eigenvalue weighted by Gasteiger charge is 2.22. The van der Waals surface area contributed by atoms with Crippen LogP contribution in [0.2, 0.25) is 0 Å². The van der Waals surface area contributed by atoms with Crippen molar-refractivity contribution < 1.29 is 13.2 Å². The van der Waals surface area contributed by atoms with Crippen molar-refractivity contribution in [2.45, 2.75) is 18.6 Å². The van der Waals surface area contributed by atoms with Gasteiger partial charge in [0.25, 0.3) is 0 Å². The first-order valence-corrected chi connectivity index (χ1v) is 6.14. The van der Waals surface area contributed by atoms with Crippen molar-refractivity contribution in [2.75, 3.05) is 20.3 Å². The van der Waals surface area contributed by atoms with E-state index < -0.39 is 15.3 Å². The predicted molar refractivity (Wildman–Crippen MR) is 59.7 cm³/mol. The summed E-state index contributed by atoms with van der Waals surface area (Å²) >= 11 is 4.60. The maximum Gasteiger partial charge on any atom is 0.220 e. The van der Waals surface area contributed by atoms with Crippen LogP contribution in [-0.4, -0.2) is 38.9 Å². The Morgan fingerprint density at radius 3 is 2.64 bits per heavy atom. The van der Waals surface area contributed by atoms with Crippen LogP contribution >= 0.6 is 12.2 Å². The van der Waals surface area contributed by atoms with Crippen molar-refractivity contribution in [2.24, 2.45) is 5.73 Å². The monoisotopic (exact) mass is 240 g/mol. The van der Waals surface area contributed by atoms with Gasteiger partial charge in [-0.05, 0) is 13.3 Å². The fourth-order valence-electron chi connectivity index (χ4n) is 0.709. The topological polar surface area (TPSA) is 81.4 Å². The van der Waals surface area contributed by atoms with Gasteiger partial charge in [-0.25, -0.2) is 13.1 Å². The van der Waals surface area contributed by atoms with E-state index in [1.54, 1.807) is 7.11 Å². The van der Waals surface area contributed by atoms with Crippen molar-refractivity contribution >= 4 is 27.2 Å². The average molecular weight is 240 g/mol. The number of ether oxygens (including phenoxy) is 1. The van der Waals surface area contributed by atoms with Gasteiger partial charge < -0.3 is 10.5 Å². The van der Waals surface area contributed by atoms with Gasteiger partial charge in [-0.2, -0.15) is 0 Å². The third-order valence-electron chi connectivity index (χ3n) is 1.69. The van der Waals surface area contributed by atoms with Crippen LogP contribution in [0.3, 0.4) is 0 Å². The molecule has 0 fully saturated rings. The van der Waals surface area contributed by atoms with Crippen LogP contribution in [0.25, 0.3) is 0 Å². The molecule has 0 aromatic carbocycles. The van der Waals surface area contributed by atoms with Crippen LogP contribution < -0.4 is 10.5 Å². The quantitative estimate of drug-likeness (QED) is 0.468. The molecule has 0 aromatic rings. The zero-order valence-corrected chi connectivity index (χ0v) is 9.95. The molecule has 0 saturated carbocycles. The van der Waals surface area contributed by atoms with Crippen molar-refractivity contribution in [1.82, 2.24) is 4.72 Å². The third kappa shape index (κ3) is 4.85. The van der Waals surface area contributed by atoms with E-state index in [2.05, 4.69) is 16.9 Å². The first-order valence-electron chi connectivity index (χ1n) is 4.18. The van der Waals surface area contributed by atoms with Gasteiger partial charge >= 0.3 is 0 Å². The number of sulfonamides is 1. The van der Waals surface area contributed by atoms with Crippen molar-refractivity contribution in [3.63, 3.8) is 0 Å². The summed E-state index contributed by atoms with van der Waals surface area (Å²) in [7, 11) is -1.85. The lowest BCUT2D eigenvalue weighted by Gasteiger charge is -2.11. The Morgan fingerprint density at radius 1 is 1.64 bits per heavy atom. The van der Waals surface area contributed by atoms with E-state index in [4.69, 9.17) is 10.5 Å². The molecule has 7 heteroatoms. The van der Waals surface area contributed by atoms with Gasteiger partial charge in [0.1, 0.15) is 5.25 Å². The first kappa shape index (κ1) is 13.8. The summed E-state index contributed by atoms with van der Waals surface area (Å²) in [6, 6.07) is 0. The van der Waals surface area contributed by atoms with Crippen LogP contribution in [-0.2, 0) is 14.8 Å². The molecule has 0 radical (unpaired) electrons. The second-order valence-corrected chi connectivity index (χ2v) is 5.39. The molecule has 0 aliphatic rings. The first-order chi connectivity index (χ1) is 6.41. The number of hydrogen-bond donors (Lipinski definition) is 2. The minimum absolute atomic E-state index is 0.0239. The van der Waals surface area contributed by atoms with Crippen molar-refractivity contribution in [1.29, 1.82) is 0 Å². The number of hydrogen-bond acceptors (Lipinski definition) is 4. The highest BCUT2D eigenvalue weighted by molar-refractivity contribution is 7.93. The highest BCUT2D eigenvalue weighted by Crippen LogP contribution is 1.98. The second kappa shape index (κ2) is 6.28. The Labute approximate surface area is 90.1 Å². The zero-order chi connectivity index (χ0) is 11.2. The summed E-state index contributed by atoms with van der Waals surface area (Å²) in [6.45, 7) is 2.31. The second-order valence-electron chi connectivity index (χ2n) is 2.83. The molecule has 1 atom stereocenters. The Bertz CT molecular complexity index is 277. The maximum absolute atomic E-state index is 11.4. The summed E-state index contributed by atoms with van der Waals surface area (Å²) in [4.78, 5) is -0.0239. The SMILES string of the molecule is COCCCNS(=O)(=O)C(C)C(N)=S. The lowest BCUT2D eigenvalue weighted by molar-refractivity contribution is 0.196. The molecule has 0 heterocycles. The van der Waals surface area contributed by atoms with E-state index in [0.717, 1.165) is 0 Å². The molecule has 5 nitrogen and oxygen atoms in total. The molecule has 0 bridgehead atoms. The maximum atomic E-state index is 11.4. The van der Waals surface area contributed by atoms with Gasteiger partial charge in [0.15, 0.2) is 0 Å². The summed E-state index contributed by atoms with van der Waals surface area (Å²) in [5.74, 6) is 0. The van der Waals surface area contributed by atoms with Gasteiger partial charge in [0.2, 0.25) is 10.0 Å². The molecule has 0 rings (SSSR count). The van der Waals surface area contributed by atoms with E-state index in [1.807, 2.05) is 0 Å². The van der Waals surface area contributed by atoms with Crippen molar-refractivity contribution in [3.05, 3.63) is 0 Å². The summed E-state index contributed by atoms with van der Waals surface area (Å²) in [5.41, 5.74) is 5.24. The minimum Gasteiger partial charge on any atom is -0.392 e. The van der Waals surface area contributed by atoms with E-state index in [-0.39, 0.29) is 4.99 Å². The van der Waals surface area contributed by atoms with Crippen LogP contribution in [0.4, 0.5) is 0 Å². The molecule has 3 N–H and O–H groups in total. The lowest BCUT2D eigenvalue weighted by Crippen LogP contribution is -2.40. The van der Waals surface area contributed by atoms with Gasteiger partial charge in [-0.3, -0.25) is 0 Å². The number of methoxy groups -OCH3 is 1. The fourth-order valence-corrected chi connectivity index (χ4v) is 2.07. The molecule has 0 amide bonds. The standard InChI is InChI=1S/C7H16N2O3S2/c1-6(7(8)13)14(10,11)9-4-3-5-12-2/h6,9H,3-5H2,1-2H3,(H2,8,13). The van der Waals surface area contributed by atoms with E-state index >= 15 is 0 Å². The summed E-state index contributed by atoms with van der Waals surface area (Å²) in [6.07, 6.45) is 0.625. The molecule has 14 heavy (non-hydrogen) atoms. The molecule has 0 saturated heterocycles. The number of nitrogens with one attached hydrogen (secondary N) is 1. The smallest absolute Gasteiger partial charge is 0.220 e. The molecule has 84 valence electrons. The predicted octanol–water partition coefficient (Wildman–Crippen LogP) is -0.383. The number of nitrogens with two attached hydrogens (primary N) is 1. The van der Waals surface area contributed by atoms with Crippen LogP contribution in [0.1, 0.15) is 13.3 Å². The Kier molecular flexibility index (Phi) is 6.17. The van der Waals surface area contributed by atoms with Crippen molar-refractivity contribution in [3.8, 4) is 0 Å². The fraction of sp³-hybridized carbons (Fsp3) is 0.857. The molecule has 0 aromatic heterocycles. The summed E-state index contributed by atoms with van der Waals surface area (Å²) in [5, 5.41) is -0.833. The highest BCUT2D eigenvalue weighted by atomic mass is 32.2. The lowest BCUT2D eigenvalue weighted by atomic mass is 10.5. The minimum atomic E-state index is -3.41. The normalized spacial score (nSPS) is 13.9. The molecular formula is C7H16N2O3S2. The van der Waals surface area contributed by atoms with E-state index in [9.17, 15) is 8.42 Å². The number of thiocarbonyl (C=S) groups is 1. The zero-order valence-electron chi connectivity index (χ0n) is 8.32. The Hall–Kier alpha value is -0.240. The van der Waals surface area contributed by atoms with Crippen LogP contribution in [0.5, 0.6) is 0 Å². The summed E-state index contributed by atoms with van der Waals surface area (Å²) < 4.78 is 30.0. The van der Waals surface area contributed by atoms with E-state index in [1.165, 1.54) is 6.92 Å². The molecule has 0 aliphatic heterocycles. The van der Waals surface area contributed by atoms with Crippen LogP contribution in [0.15, 0.2) is 0 Å². The average Bonchev–Trinajstić information content (AvgIpc) is 2.11. The Balaban J connectivity index is 4.02. The van der Waals surface area contributed by atoms with Gasteiger partial charge in [0, 0.05) is 20.3 Å². The van der Waals surface area contributed by atoms with E-state index in [0.29, 0.717) is 19.6 Å². The largest absolute Gasteiger partial charge is 0.392 e. The molecule has 1 unspecified atom stereocenters. The molecule has 0 aliphatic carbocycles. The number of rotatable bonds is 7. The van der Waals surface area contributed by atoms with Crippen LogP contribution in [0, 0.1) is 0 Å². The van der Waals surface area contributed by atoms with Gasteiger partial charge in [0.05, 0.1) is 4.99 Å².